The van der Waals surface area contributed by atoms with Crippen molar-refractivity contribution in [1.29, 1.82) is 0 Å². The lowest BCUT2D eigenvalue weighted by Crippen LogP contribution is -2.36. The summed E-state index contributed by atoms with van der Waals surface area (Å²) in [5.41, 5.74) is 0.566. The van der Waals surface area contributed by atoms with Gasteiger partial charge in [-0.2, -0.15) is 4.57 Å². The van der Waals surface area contributed by atoms with Gasteiger partial charge in [-0.1, -0.05) is 29.3 Å². The second-order valence-electron chi connectivity index (χ2n) is 3.60. The zero-order valence-corrected chi connectivity index (χ0v) is 10.4. The van der Waals surface area contributed by atoms with E-state index in [4.69, 9.17) is 23.2 Å². The van der Waals surface area contributed by atoms with E-state index in [1.54, 1.807) is 18.2 Å². The van der Waals surface area contributed by atoms with Crippen LogP contribution >= 0.6 is 23.2 Å². The summed E-state index contributed by atoms with van der Waals surface area (Å²) in [5.74, 6) is -0.000216. The van der Waals surface area contributed by atoms with Crippen molar-refractivity contribution in [1.82, 2.24) is 0 Å². The molecule has 0 fully saturated rings. The molecule has 2 rings (SSSR count). The maximum Gasteiger partial charge on any atom is 0.227 e. The normalized spacial score (nSPS) is 10.2. The molecule has 0 unspecified atom stereocenters. The molecule has 17 heavy (non-hydrogen) atoms. The highest BCUT2D eigenvalue weighted by molar-refractivity contribution is 6.42. The Morgan fingerprint density at radius 3 is 2.41 bits per heavy atom. The fourth-order valence-electron chi connectivity index (χ4n) is 1.47. The van der Waals surface area contributed by atoms with Gasteiger partial charge < -0.3 is 0 Å². The lowest BCUT2D eigenvalue weighted by atomic mass is 10.1. The second-order valence-corrected chi connectivity index (χ2v) is 4.41. The number of Topliss-reactive ketones (excluding diaryl/α,β-unsaturated/α-hetero) is 1. The Morgan fingerprint density at radius 1 is 1.06 bits per heavy atom. The maximum absolute atomic E-state index is 12.0. The molecule has 0 aliphatic heterocycles. The van der Waals surface area contributed by atoms with Crippen molar-refractivity contribution in [3.63, 3.8) is 0 Å². The van der Waals surface area contributed by atoms with Crippen LogP contribution in [0.2, 0.25) is 10.0 Å². The molecular formula is C13H10Cl2NO+. The zero-order chi connectivity index (χ0) is 12.3. The second kappa shape index (κ2) is 5.30. The van der Waals surface area contributed by atoms with Gasteiger partial charge in [0.1, 0.15) is 0 Å². The lowest BCUT2D eigenvalue weighted by Gasteiger charge is -2.00. The van der Waals surface area contributed by atoms with Crippen molar-refractivity contribution < 1.29 is 9.36 Å². The molecule has 0 aliphatic carbocycles. The predicted molar refractivity (Wildman–Crippen MR) is 67.4 cm³/mol. The lowest BCUT2D eigenvalue weighted by molar-refractivity contribution is -0.683. The fourth-order valence-corrected chi connectivity index (χ4v) is 1.76. The van der Waals surface area contributed by atoms with E-state index < -0.39 is 0 Å². The summed E-state index contributed by atoms with van der Waals surface area (Å²) in [6.07, 6.45) is 3.69. The van der Waals surface area contributed by atoms with Crippen molar-refractivity contribution in [3.8, 4) is 0 Å². The van der Waals surface area contributed by atoms with Gasteiger partial charge in [0.2, 0.25) is 12.3 Å². The third kappa shape index (κ3) is 3.05. The van der Waals surface area contributed by atoms with E-state index in [-0.39, 0.29) is 5.78 Å². The van der Waals surface area contributed by atoms with Gasteiger partial charge in [0.15, 0.2) is 12.4 Å². The Morgan fingerprint density at radius 2 is 1.76 bits per heavy atom. The van der Waals surface area contributed by atoms with Crippen LogP contribution < -0.4 is 4.57 Å². The first-order valence-electron chi connectivity index (χ1n) is 5.09. The average Bonchev–Trinajstić information content (AvgIpc) is 2.34. The van der Waals surface area contributed by atoms with Gasteiger partial charge in [0, 0.05) is 17.7 Å². The Hall–Kier alpha value is -1.38. The Kier molecular flexibility index (Phi) is 3.77. The minimum absolute atomic E-state index is 0.000216. The van der Waals surface area contributed by atoms with Gasteiger partial charge in [0.25, 0.3) is 0 Å². The highest BCUT2D eigenvalue weighted by Gasteiger charge is 2.12. The van der Waals surface area contributed by atoms with Crippen LogP contribution in [0, 0.1) is 0 Å². The number of benzene rings is 1. The number of aromatic nitrogens is 1. The Bertz CT molecular complexity index is 540. The maximum atomic E-state index is 12.0. The quantitative estimate of drug-likeness (QED) is 0.618. The van der Waals surface area contributed by atoms with Crippen LogP contribution in [0.25, 0.3) is 0 Å². The number of hydrogen-bond donors (Lipinski definition) is 0. The molecule has 0 saturated heterocycles. The van der Waals surface area contributed by atoms with E-state index in [1.165, 1.54) is 0 Å². The summed E-state index contributed by atoms with van der Waals surface area (Å²) < 4.78 is 1.81. The monoisotopic (exact) mass is 266 g/mol. The molecule has 0 amide bonds. The minimum atomic E-state index is -0.000216. The van der Waals surface area contributed by atoms with Gasteiger partial charge in [-0.25, -0.2) is 0 Å². The number of halogens is 2. The van der Waals surface area contributed by atoms with Crippen LogP contribution in [-0.4, -0.2) is 5.78 Å². The number of carbonyl (C=O) groups excluding carboxylic acids is 1. The highest BCUT2D eigenvalue weighted by Crippen LogP contribution is 2.22. The van der Waals surface area contributed by atoms with Crippen LogP contribution in [0.4, 0.5) is 0 Å². The summed E-state index contributed by atoms with van der Waals surface area (Å²) in [4.78, 5) is 12.0. The van der Waals surface area contributed by atoms with Crippen LogP contribution in [0.3, 0.4) is 0 Å². The predicted octanol–water partition coefficient (Wildman–Crippen LogP) is 3.16. The number of pyridine rings is 1. The van der Waals surface area contributed by atoms with Crippen LogP contribution in [0.1, 0.15) is 10.4 Å². The van der Waals surface area contributed by atoms with E-state index in [0.717, 1.165) is 0 Å². The first kappa shape index (κ1) is 12.1. The van der Waals surface area contributed by atoms with E-state index >= 15 is 0 Å². The molecule has 0 spiro atoms. The fraction of sp³-hybridized carbons (Fsp3) is 0.0769. The van der Waals surface area contributed by atoms with Gasteiger partial charge >= 0.3 is 0 Å². The number of nitrogens with zero attached hydrogens (tertiary/aromatic N) is 1. The van der Waals surface area contributed by atoms with Crippen molar-refractivity contribution >= 4 is 29.0 Å². The first-order chi connectivity index (χ1) is 8.16. The Balaban J connectivity index is 2.18. The van der Waals surface area contributed by atoms with E-state index in [2.05, 4.69) is 0 Å². The largest absolute Gasteiger partial charge is 0.287 e. The van der Waals surface area contributed by atoms with E-state index in [1.807, 2.05) is 35.2 Å². The Labute approximate surface area is 109 Å². The summed E-state index contributed by atoms with van der Waals surface area (Å²) >= 11 is 11.7. The molecule has 1 aromatic carbocycles. The number of carbonyl (C=O) groups is 1. The van der Waals surface area contributed by atoms with Crippen LogP contribution in [0.15, 0.2) is 48.8 Å². The van der Waals surface area contributed by atoms with Crippen molar-refractivity contribution in [3.05, 3.63) is 64.4 Å². The van der Waals surface area contributed by atoms with Crippen molar-refractivity contribution in [2.24, 2.45) is 0 Å². The molecule has 86 valence electrons. The third-order valence-corrected chi connectivity index (χ3v) is 3.08. The summed E-state index contributed by atoms with van der Waals surface area (Å²) in [7, 11) is 0. The van der Waals surface area contributed by atoms with Crippen molar-refractivity contribution in [2.75, 3.05) is 0 Å². The molecule has 2 nitrogen and oxygen atoms in total. The molecule has 0 radical (unpaired) electrons. The molecular weight excluding hydrogens is 257 g/mol. The molecule has 0 aliphatic rings. The van der Waals surface area contributed by atoms with Gasteiger partial charge in [-0.05, 0) is 18.2 Å². The molecule has 0 bridgehead atoms. The van der Waals surface area contributed by atoms with Crippen molar-refractivity contribution in [2.45, 2.75) is 6.54 Å². The number of rotatable bonds is 3. The highest BCUT2D eigenvalue weighted by atomic mass is 35.5. The van der Waals surface area contributed by atoms with Crippen LogP contribution in [0.5, 0.6) is 0 Å². The van der Waals surface area contributed by atoms with Gasteiger partial charge in [0.05, 0.1) is 10.0 Å². The SMILES string of the molecule is O=C(C[n+]1ccccc1)c1ccc(Cl)c(Cl)c1. The van der Waals surface area contributed by atoms with Gasteiger partial charge in [-0.3, -0.25) is 4.79 Å². The third-order valence-electron chi connectivity index (χ3n) is 2.35. The minimum Gasteiger partial charge on any atom is -0.287 e. The summed E-state index contributed by atoms with van der Waals surface area (Å²) in [6, 6.07) is 10.6. The summed E-state index contributed by atoms with van der Waals surface area (Å²) in [6.45, 7) is 0.290. The van der Waals surface area contributed by atoms with Gasteiger partial charge in [-0.15, -0.1) is 0 Å². The smallest absolute Gasteiger partial charge is 0.227 e. The first-order valence-corrected chi connectivity index (χ1v) is 5.85. The zero-order valence-electron chi connectivity index (χ0n) is 8.94. The topological polar surface area (TPSA) is 20.9 Å². The molecule has 4 heteroatoms. The van der Waals surface area contributed by atoms with E-state index in [0.29, 0.717) is 22.2 Å². The molecule has 2 aromatic rings. The molecule has 1 heterocycles. The van der Waals surface area contributed by atoms with Crippen LogP contribution in [-0.2, 0) is 6.54 Å². The molecule has 1 aromatic heterocycles. The standard InChI is InChI=1S/C13H10Cl2NO/c14-11-5-4-10(8-12(11)15)13(17)9-16-6-2-1-3-7-16/h1-8H,9H2/q+1. The molecule has 0 N–H and O–H groups in total. The van der Waals surface area contributed by atoms with E-state index in [9.17, 15) is 4.79 Å². The summed E-state index contributed by atoms with van der Waals surface area (Å²) in [5, 5.41) is 0.853. The molecule has 0 atom stereocenters. The number of hydrogen-bond acceptors (Lipinski definition) is 1. The average molecular weight is 267 g/mol. The number of ketones is 1. The molecule has 0 saturated carbocycles.